The largest absolute Gasteiger partial charge is 0.497 e. The fourth-order valence-electron chi connectivity index (χ4n) is 2.41. The number of thiazole rings is 1. The van der Waals surface area contributed by atoms with Crippen LogP contribution >= 0.6 is 11.3 Å². The van der Waals surface area contributed by atoms with Crippen LogP contribution in [0.2, 0.25) is 0 Å². The Hall–Kier alpha value is -2.64. The average molecular weight is 386 g/mol. The summed E-state index contributed by atoms with van der Waals surface area (Å²) < 4.78 is 17.4. The second kappa shape index (κ2) is 9.34. The number of aromatic nitrogens is 1. The second-order valence-electron chi connectivity index (χ2n) is 5.91. The summed E-state index contributed by atoms with van der Waals surface area (Å²) in [5, 5.41) is 0.870. The molecule has 0 radical (unpaired) electrons. The number of rotatable bonds is 9. The number of nitrogens with zero attached hydrogens (tertiary/aromatic N) is 2. The van der Waals surface area contributed by atoms with Gasteiger partial charge in [0.1, 0.15) is 29.7 Å². The minimum atomic E-state index is -0.0885. The molecule has 7 heteroatoms. The van der Waals surface area contributed by atoms with Gasteiger partial charge in [-0.1, -0.05) is 12.1 Å². The summed E-state index contributed by atoms with van der Waals surface area (Å²) in [4.78, 5) is 18.2. The Morgan fingerprint density at radius 2 is 1.85 bits per heavy atom. The number of para-hydroxylation sites is 1. The van der Waals surface area contributed by atoms with E-state index in [0.29, 0.717) is 19.8 Å². The van der Waals surface area contributed by atoms with Gasteiger partial charge in [0, 0.05) is 7.05 Å². The molecule has 1 amide bonds. The van der Waals surface area contributed by atoms with Crippen LogP contribution in [0.1, 0.15) is 5.01 Å². The molecule has 0 N–H and O–H groups in total. The van der Waals surface area contributed by atoms with Crippen molar-refractivity contribution in [2.45, 2.75) is 6.61 Å². The number of carbonyl (C=O) groups excluding carboxylic acids is 1. The van der Waals surface area contributed by atoms with Gasteiger partial charge in [-0.15, -0.1) is 11.3 Å². The number of carbonyl (C=O) groups is 1. The highest BCUT2D eigenvalue weighted by atomic mass is 32.1. The molecule has 0 unspecified atom stereocenters. The van der Waals surface area contributed by atoms with E-state index >= 15 is 0 Å². The number of benzene rings is 2. The molecule has 0 atom stereocenters. The van der Waals surface area contributed by atoms with E-state index in [4.69, 9.17) is 14.2 Å². The van der Waals surface area contributed by atoms with E-state index in [1.54, 1.807) is 30.4 Å². The van der Waals surface area contributed by atoms with Crippen LogP contribution in [-0.2, 0) is 16.1 Å². The molecule has 3 aromatic rings. The van der Waals surface area contributed by atoms with Crippen LogP contribution in [0.3, 0.4) is 0 Å². The molecule has 0 fully saturated rings. The van der Waals surface area contributed by atoms with Gasteiger partial charge >= 0.3 is 0 Å². The summed E-state index contributed by atoms with van der Waals surface area (Å²) in [5.41, 5.74) is 0.959. The molecule has 3 rings (SSSR count). The van der Waals surface area contributed by atoms with Crippen molar-refractivity contribution in [2.75, 3.05) is 33.9 Å². The van der Waals surface area contributed by atoms with E-state index in [-0.39, 0.29) is 12.5 Å². The number of methoxy groups -OCH3 is 1. The van der Waals surface area contributed by atoms with Crippen molar-refractivity contribution in [1.82, 2.24) is 9.88 Å². The van der Waals surface area contributed by atoms with Crippen LogP contribution in [0, 0.1) is 0 Å². The molecule has 0 saturated carbocycles. The Morgan fingerprint density at radius 3 is 2.59 bits per heavy atom. The third-order valence-corrected chi connectivity index (χ3v) is 4.98. The van der Waals surface area contributed by atoms with Gasteiger partial charge in [-0.05, 0) is 36.4 Å². The van der Waals surface area contributed by atoms with Crippen molar-refractivity contribution < 1.29 is 19.0 Å². The van der Waals surface area contributed by atoms with Gasteiger partial charge in [0.05, 0.1) is 30.5 Å². The quantitative estimate of drug-likeness (QED) is 0.564. The number of fused-ring (bicyclic) bond motifs is 1. The van der Waals surface area contributed by atoms with E-state index < -0.39 is 0 Å². The molecule has 0 aliphatic carbocycles. The molecule has 0 spiro atoms. The smallest absolute Gasteiger partial charge is 0.248 e. The molecule has 0 bridgehead atoms. The lowest BCUT2D eigenvalue weighted by Gasteiger charge is -2.17. The van der Waals surface area contributed by atoms with Gasteiger partial charge in [-0.3, -0.25) is 4.79 Å². The van der Waals surface area contributed by atoms with E-state index in [9.17, 15) is 4.79 Å². The van der Waals surface area contributed by atoms with Crippen molar-refractivity contribution in [3.63, 3.8) is 0 Å². The lowest BCUT2D eigenvalue weighted by atomic mass is 10.3. The molecule has 2 aromatic carbocycles. The summed E-state index contributed by atoms with van der Waals surface area (Å²) in [6.45, 7) is 1.25. The van der Waals surface area contributed by atoms with E-state index in [0.717, 1.165) is 26.7 Å². The van der Waals surface area contributed by atoms with Gasteiger partial charge in [-0.25, -0.2) is 4.98 Å². The summed E-state index contributed by atoms with van der Waals surface area (Å²) in [6, 6.07) is 15.3. The first-order valence-electron chi connectivity index (χ1n) is 8.58. The highest BCUT2D eigenvalue weighted by Crippen LogP contribution is 2.22. The SMILES string of the molecule is COc1ccc(OCCN(C)C(=O)COCc2nc3ccccc3s2)cc1. The first-order chi connectivity index (χ1) is 13.2. The lowest BCUT2D eigenvalue weighted by molar-refractivity contribution is -0.135. The molecule has 142 valence electrons. The summed E-state index contributed by atoms with van der Waals surface area (Å²) in [7, 11) is 3.36. The molecule has 27 heavy (non-hydrogen) atoms. The zero-order valence-corrected chi connectivity index (χ0v) is 16.2. The van der Waals surface area contributed by atoms with Gasteiger partial charge in [0.25, 0.3) is 0 Å². The lowest BCUT2D eigenvalue weighted by Crippen LogP contribution is -2.33. The molecule has 0 saturated heterocycles. The van der Waals surface area contributed by atoms with Crippen LogP contribution in [0.5, 0.6) is 11.5 Å². The first-order valence-corrected chi connectivity index (χ1v) is 9.40. The topological polar surface area (TPSA) is 60.9 Å². The second-order valence-corrected chi connectivity index (χ2v) is 7.02. The monoisotopic (exact) mass is 386 g/mol. The standard InChI is InChI=1S/C20H22N2O4S/c1-22(11-12-26-16-9-7-15(24-2)8-10-16)20(23)14-25-13-19-21-17-5-3-4-6-18(17)27-19/h3-10H,11-14H2,1-2H3. The molecule has 0 aliphatic heterocycles. The third-order valence-electron chi connectivity index (χ3n) is 3.97. The van der Waals surface area contributed by atoms with E-state index in [2.05, 4.69) is 4.98 Å². The number of hydrogen-bond donors (Lipinski definition) is 0. The fourth-order valence-corrected chi connectivity index (χ4v) is 3.32. The Labute approximate surface area is 162 Å². The molecule has 0 aliphatic rings. The fraction of sp³-hybridized carbons (Fsp3) is 0.300. The normalized spacial score (nSPS) is 10.7. The predicted molar refractivity (Wildman–Crippen MR) is 105 cm³/mol. The van der Waals surface area contributed by atoms with E-state index in [1.807, 2.05) is 48.5 Å². The average Bonchev–Trinajstić information content (AvgIpc) is 3.11. The van der Waals surface area contributed by atoms with Gasteiger partial charge < -0.3 is 19.1 Å². The molecular formula is C20H22N2O4S. The van der Waals surface area contributed by atoms with Crippen LogP contribution < -0.4 is 9.47 Å². The van der Waals surface area contributed by atoms with Crippen molar-refractivity contribution in [2.24, 2.45) is 0 Å². The number of hydrogen-bond acceptors (Lipinski definition) is 6. The zero-order chi connectivity index (χ0) is 19.1. The number of ether oxygens (including phenoxy) is 3. The molecular weight excluding hydrogens is 364 g/mol. The summed E-state index contributed by atoms with van der Waals surface area (Å²) >= 11 is 1.58. The highest BCUT2D eigenvalue weighted by molar-refractivity contribution is 7.18. The van der Waals surface area contributed by atoms with Crippen LogP contribution in [0.4, 0.5) is 0 Å². The maximum atomic E-state index is 12.1. The maximum absolute atomic E-state index is 12.1. The van der Waals surface area contributed by atoms with Crippen molar-refractivity contribution in [3.05, 3.63) is 53.5 Å². The summed E-state index contributed by atoms with van der Waals surface area (Å²) in [5.74, 6) is 1.43. The van der Waals surface area contributed by atoms with Crippen molar-refractivity contribution >= 4 is 27.5 Å². The number of likely N-dealkylation sites (N-methyl/N-ethyl adjacent to an activating group) is 1. The molecule has 1 heterocycles. The Balaban J connectivity index is 1.37. The first kappa shape index (κ1) is 19.1. The Kier molecular flexibility index (Phi) is 6.62. The van der Waals surface area contributed by atoms with Crippen molar-refractivity contribution in [3.8, 4) is 11.5 Å². The maximum Gasteiger partial charge on any atom is 0.248 e. The number of amides is 1. The minimum Gasteiger partial charge on any atom is -0.497 e. The van der Waals surface area contributed by atoms with Crippen LogP contribution in [0.25, 0.3) is 10.2 Å². The van der Waals surface area contributed by atoms with Gasteiger partial charge in [0.2, 0.25) is 5.91 Å². The third kappa shape index (κ3) is 5.42. The van der Waals surface area contributed by atoms with Crippen molar-refractivity contribution in [1.29, 1.82) is 0 Å². The summed E-state index contributed by atoms with van der Waals surface area (Å²) in [6.07, 6.45) is 0. The van der Waals surface area contributed by atoms with E-state index in [1.165, 1.54) is 0 Å². The van der Waals surface area contributed by atoms with Gasteiger partial charge in [0.15, 0.2) is 0 Å². The van der Waals surface area contributed by atoms with Gasteiger partial charge in [-0.2, -0.15) is 0 Å². The van der Waals surface area contributed by atoms with Crippen LogP contribution in [0.15, 0.2) is 48.5 Å². The minimum absolute atomic E-state index is 0.0228. The molecule has 1 aromatic heterocycles. The Morgan fingerprint density at radius 1 is 1.11 bits per heavy atom. The Bertz CT molecular complexity index is 846. The predicted octanol–water partition coefficient (Wildman–Crippen LogP) is 3.36. The zero-order valence-electron chi connectivity index (χ0n) is 15.4. The highest BCUT2D eigenvalue weighted by Gasteiger charge is 2.10. The molecule has 6 nitrogen and oxygen atoms in total. The van der Waals surface area contributed by atoms with Crippen LogP contribution in [-0.4, -0.2) is 49.7 Å².